The number of fused-ring (bicyclic) bond motifs is 6. The van der Waals surface area contributed by atoms with Crippen molar-refractivity contribution in [1.29, 1.82) is 0 Å². The molecule has 0 N–H and O–H groups in total. The predicted molar refractivity (Wildman–Crippen MR) is 247 cm³/mol. The average molecular weight is 774 g/mol. The molecule has 0 amide bonds. The van der Waals surface area contributed by atoms with E-state index < -0.39 is 7.14 Å². The monoisotopic (exact) mass is 773 g/mol. The van der Waals surface area contributed by atoms with Gasteiger partial charge in [-0.2, -0.15) is 0 Å². The van der Waals surface area contributed by atoms with Crippen LogP contribution in [-0.4, -0.2) is 14.5 Å². The fraction of sp³-hybridized carbons (Fsp3) is 0. The van der Waals surface area contributed by atoms with Crippen molar-refractivity contribution in [3.05, 3.63) is 218 Å². The van der Waals surface area contributed by atoms with Gasteiger partial charge < -0.3 is 4.57 Å². The molecular formula is C54H36N3OP. The highest BCUT2D eigenvalue weighted by Gasteiger charge is 2.29. The summed E-state index contributed by atoms with van der Waals surface area (Å²) >= 11 is 0. The summed E-state index contributed by atoms with van der Waals surface area (Å²) in [6.45, 7) is 0. The standard InChI is InChI=1S/C54H36N3OP/c58-59(41-18-6-2-7-19-41,42-20-8-3-9-21-42)43-34-32-38(33-35-43)53-48-36-47(44-22-10-11-23-45(44)52(48)46-24-12-13-25-49(46)55-53)37-28-30-39(31-29-37)54-56-50-26-14-15-27-51(50)57(54)40-16-4-1-5-17-40/h1-36H. The molecule has 0 spiro atoms. The second kappa shape index (κ2) is 14.2. The van der Waals surface area contributed by atoms with E-state index in [2.05, 4.69) is 132 Å². The number of rotatable bonds is 7. The van der Waals surface area contributed by atoms with Crippen molar-refractivity contribution in [1.82, 2.24) is 14.5 Å². The van der Waals surface area contributed by atoms with Gasteiger partial charge in [0.25, 0.3) is 0 Å². The highest BCUT2D eigenvalue weighted by Crippen LogP contribution is 2.45. The quantitative estimate of drug-likeness (QED) is 0.120. The Hall–Kier alpha value is -7.39. The molecule has 0 aliphatic carbocycles. The minimum atomic E-state index is -3.14. The van der Waals surface area contributed by atoms with Gasteiger partial charge in [0.15, 0.2) is 7.14 Å². The molecule has 0 aliphatic heterocycles. The number of nitrogens with zero attached hydrogens (tertiary/aromatic N) is 3. The molecule has 2 heterocycles. The van der Waals surface area contributed by atoms with E-state index in [4.69, 9.17) is 9.97 Å². The number of benzene rings is 9. The van der Waals surface area contributed by atoms with Gasteiger partial charge in [0.1, 0.15) is 5.82 Å². The van der Waals surface area contributed by atoms with Crippen LogP contribution in [0.2, 0.25) is 0 Å². The first-order valence-electron chi connectivity index (χ1n) is 19.9. The van der Waals surface area contributed by atoms with E-state index in [0.29, 0.717) is 0 Å². The van der Waals surface area contributed by atoms with Crippen molar-refractivity contribution >= 4 is 66.5 Å². The zero-order chi connectivity index (χ0) is 39.3. The van der Waals surface area contributed by atoms with E-state index in [1.807, 2.05) is 91.0 Å². The summed E-state index contributed by atoms with van der Waals surface area (Å²) in [6.07, 6.45) is 0. The van der Waals surface area contributed by atoms with Crippen molar-refractivity contribution in [2.24, 2.45) is 0 Å². The third kappa shape index (κ3) is 5.80. The lowest BCUT2D eigenvalue weighted by atomic mass is 9.89. The van der Waals surface area contributed by atoms with E-state index in [0.717, 1.165) is 82.7 Å². The largest absolute Gasteiger partial charge is 0.309 e. The minimum Gasteiger partial charge on any atom is -0.309 e. The molecule has 11 rings (SSSR count). The predicted octanol–water partition coefficient (Wildman–Crippen LogP) is 12.5. The molecule has 0 saturated heterocycles. The molecule has 0 saturated carbocycles. The highest BCUT2D eigenvalue weighted by atomic mass is 31.2. The molecule has 5 heteroatoms. The summed E-state index contributed by atoms with van der Waals surface area (Å²) in [5.74, 6) is 0.901. The first kappa shape index (κ1) is 34.8. The van der Waals surface area contributed by atoms with E-state index in [1.54, 1.807) is 0 Å². The summed E-state index contributed by atoms with van der Waals surface area (Å²) < 4.78 is 17.5. The smallest absolute Gasteiger partial charge is 0.171 e. The van der Waals surface area contributed by atoms with Crippen LogP contribution >= 0.6 is 7.14 Å². The second-order valence-corrected chi connectivity index (χ2v) is 17.6. The molecule has 4 nitrogen and oxygen atoms in total. The topological polar surface area (TPSA) is 47.8 Å². The minimum absolute atomic E-state index is 0.788. The van der Waals surface area contributed by atoms with Crippen LogP contribution in [0.1, 0.15) is 0 Å². The van der Waals surface area contributed by atoms with Crippen molar-refractivity contribution in [3.63, 3.8) is 0 Å². The normalized spacial score (nSPS) is 11.8. The number of imidazole rings is 1. The molecule has 9 aromatic carbocycles. The van der Waals surface area contributed by atoms with Gasteiger partial charge in [0.05, 0.1) is 22.2 Å². The lowest BCUT2D eigenvalue weighted by Gasteiger charge is -2.20. The fourth-order valence-electron chi connectivity index (χ4n) is 8.68. The molecule has 0 aliphatic rings. The first-order chi connectivity index (χ1) is 29.1. The molecule has 0 bridgehead atoms. The third-order valence-electron chi connectivity index (χ3n) is 11.5. The highest BCUT2D eigenvalue weighted by molar-refractivity contribution is 7.85. The van der Waals surface area contributed by atoms with Gasteiger partial charge in [-0.25, -0.2) is 9.97 Å². The lowest BCUT2D eigenvalue weighted by molar-refractivity contribution is 0.592. The Balaban J connectivity index is 1.08. The molecule has 0 unspecified atom stereocenters. The SMILES string of the molecule is O=P(c1ccccc1)(c1ccccc1)c1ccc(-c2nc3ccccc3c3c2cc(-c2ccc(-c4nc5ccccc5n4-c4ccccc4)cc2)c2ccccc23)cc1. The average Bonchev–Trinajstić information content (AvgIpc) is 3.71. The van der Waals surface area contributed by atoms with Crippen LogP contribution in [0.4, 0.5) is 0 Å². The van der Waals surface area contributed by atoms with Crippen LogP contribution in [0.3, 0.4) is 0 Å². The van der Waals surface area contributed by atoms with Gasteiger partial charge in [-0.3, -0.25) is 4.57 Å². The first-order valence-corrected chi connectivity index (χ1v) is 21.6. The van der Waals surface area contributed by atoms with Gasteiger partial charge in [-0.05, 0) is 58.3 Å². The molecule has 0 atom stereocenters. The summed E-state index contributed by atoms with van der Waals surface area (Å²) in [6, 6.07) is 74.8. The molecular weight excluding hydrogens is 738 g/mol. The fourth-order valence-corrected chi connectivity index (χ4v) is 11.3. The molecule has 11 aromatic rings. The summed E-state index contributed by atoms with van der Waals surface area (Å²) in [4.78, 5) is 10.5. The van der Waals surface area contributed by atoms with Crippen molar-refractivity contribution in [2.45, 2.75) is 0 Å². The van der Waals surface area contributed by atoms with Crippen LogP contribution in [-0.2, 0) is 4.57 Å². The van der Waals surface area contributed by atoms with E-state index in [9.17, 15) is 0 Å². The Kier molecular flexibility index (Phi) is 8.39. The third-order valence-corrected chi connectivity index (χ3v) is 14.6. The molecule has 0 fully saturated rings. The van der Waals surface area contributed by atoms with Gasteiger partial charge in [-0.15, -0.1) is 0 Å². The summed E-state index contributed by atoms with van der Waals surface area (Å²) in [5.41, 5.74) is 9.16. The molecule has 59 heavy (non-hydrogen) atoms. The molecule has 2 aromatic heterocycles. The van der Waals surface area contributed by atoms with E-state index in [1.165, 1.54) is 16.2 Å². The molecule has 0 radical (unpaired) electrons. The van der Waals surface area contributed by atoms with Crippen LogP contribution in [0.5, 0.6) is 0 Å². The van der Waals surface area contributed by atoms with Gasteiger partial charge in [-0.1, -0.05) is 182 Å². The van der Waals surface area contributed by atoms with Crippen LogP contribution in [0.25, 0.3) is 82.9 Å². The van der Waals surface area contributed by atoms with Crippen molar-refractivity contribution in [3.8, 4) is 39.5 Å². The maximum Gasteiger partial charge on any atom is 0.171 e. The zero-order valence-electron chi connectivity index (χ0n) is 32.0. The number of hydrogen-bond donors (Lipinski definition) is 0. The van der Waals surface area contributed by atoms with Crippen LogP contribution in [0.15, 0.2) is 218 Å². The van der Waals surface area contributed by atoms with Gasteiger partial charge in [0, 0.05) is 48.9 Å². The second-order valence-electron chi connectivity index (χ2n) is 14.9. The number of hydrogen-bond acceptors (Lipinski definition) is 3. The summed E-state index contributed by atoms with van der Waals surface area (Å²) in [7, 11) is -3.14. The Morgan fingerprint density at radius 2 is 0.898 bits per heavy atom. The van der Waals surface area contributed by atoms with E-state index in [-0.39, 0.29) is 0 Å². The number of aromatic nitrogens is 3. The van der Waals surface area contributed by atoms with Crippen molar-refractivity contribution < 1.29 is 4.57 Å². The molecule has 278 valence electrons. The zero-order valence-corrected chi connectivity index (χ0v) is 32.9. The lowest BCUT2D eigenvalue weighted by Crippen LogP contribution is -2.24. The summed E-state index contributed by atoms with van der Waals surface area (Å²) in [5, 5.41) is 8.10. The van der Waals surface area contributed by atoms with Crippen LogP contribution in [0, 0.1) is 0 Å². The van der Waals surface area contributed by atoms with Gasteiger partial charge in [0.2, 0.25) is 0 Å². The number of pyridine rings is 1. The number of para-hydroxylation sites is 4. The Labute approximate surface area is 342 Å². The maximum atomic E-state index is 15.2. The van der Waals surface area contributed by atoms with Crippen molar-refractivity contribution in [2.75, 3.05) is 0 Å². The van der Waals surface area contributed by atoms with Crippen LogP contribution < -0.4 is 15.9 Å². The van der Waals surface area contributed by atoms with E-state index >= 15 is 4.57 Å². The van der Waals surface area contributed by atoms with Gasteiger partial charge >= 0.3 is 0 Å². The Morgan fingerprint density at radius 3 is 1.58 bits per heavy atom. The Morgan fingerprint density at radius 1 is 0.390 bits per heavy atom. The maximum absolute atomic E-state index is 15.2. The Bertz CT molecular complexity index is 3340.